The molecular formula is C18H18N4O4. The van der Waals surface area contributed by atoms with Crippen LogP contribution >= 0.6 is 0 Å². The Morgan fingerprint density at radius 2 is 1.88 bits per heavy atom. The molecule has 0 aliphatic rings. The Morgan fingerprint density at radius 1 is 1.23 bits per heavy atom. The minimum Gasteiger partial charge on any atom is -0.505 e. The van der Waals surface area contributed by atoms with Crippen molar-refractivity contribution in [1.82, 2.24) is 0 Å². The quantitative estimate of drug-likeness (QED) is 0.270. The lowest BCUT2D eigenvalue weighted by molar-refractivity contribution is -0.384. The van der Waals surface area contributed by atoms with E-state index in [0.717, 1.165) is 17.8 Å². The molecular weight excluding hydrogens is 336 g/mol. The van der Waals surface area contributed by atoms with Gasteiger partial charge in [0.1, 0.15) is 17.1 Å². The highest BCUT2D eigenvalue weighted by Crippen LogP contribution is 2.29. The number of ketones is 1. The monoisotopic (exact) mass is 354 g/mol. The lowest BCUT2D eigenvalue weighted by Gasteiger charge is -2.06. The first-order valence-electron chi connectivity index (χ1n) is 7.77. The molecule has 0 fully saturated rings. The molecule has 0 atom stereocenters. The molecule has 0 radical (unpaired) electrons. The van der Waals surface area contributed by atoms with E-state index >= 15 is 0 Å². The molecule has 2 aromatic carbocycles. The van der Waals surface area contributed by atoms with Gasteiger partial charge in [0.2, 0.25) is 5.78 Å². The Bertz CT molecular complexity index is 887. The molecule has 0 amide bonds. The number of Topliss-reactive ketones (excluding diaryl/α,β-unsaturated/α-hetero) is 1. The average molecular weight is 354 g/mol. The summed E-state index contributed by atoms with van der Waals surface area (Å²) in [5, 5.41) is 23.9. The van der Waals surface area contributed by atoms with Gasteiger partial charge in [0.25, 0.3) is 5.69 Å². The Morgan fingerprint density at radius 3 is 2.38 bits per heavy atom. The van der Waals surface area contributed by atoms with Crippen molar-refractivity contribution >= 4 is 29.1 Å². The normalized spacial score (nSPS) is 11.9. The van der Waals surface area contributed by atoms with E-state index < -0.39 is 10.7 Å². The van der Waals surface area contributed by atoms with Crippen LogP contribution in [0.1, 0.15) is 35.7 Å². The van der Waals surface area contributed by atoms with Gasteiger partial charge in [0, 0.05) is 11.6 Å². The number of aliphatic imine (C=N–C) groups is 1. The first-order valence-corrected chi connectivity index (χ1v) is 7.77. The van der Waals surface area contributed by atoms with Crippen molar-refractivity contribution in [2.75, 3.05) is 0 Å². The van der Waals surface area contributed by atoms with E-state index in [2.05, 4.69) is 10.1 Å². The number of hydrogen-bond donors (Lipinski definition) is 2. The molecule has 0 spiro atoms. The summed E-state index contributed by atoms with van der Waals surface area (Å²) in [5.74, 6) is 4.81. The van der Waals surface area contributed by atoms with Crippen LogP contribution in [0, 0.1) is 10.1 Å². The summed E-state index contributed by atoms with van der Waals surface area (Å²) in [6.45, 7) is 4.10. The smallest absolute Gasteiger partial charge is 0.273 e. The molecule has 0 heterocycles. The number of non-ortho nitro benzene ring substituents is 1. The standard InChI is InChI=1S/C18H18N4O4/c1-11(2)12-3-5-13(6-4-12)18(24)16(21-19)10-20-15-8-7-14(22(25)26)9-17(15)23/h3-11,23H,19H2,1-2H3. The second-order valence-electron chi connectivity index (χ2n) is 5.81. The lowest BCUT2D eigenvalue weighted by Crippen LogP contribution is -2.17. The van der Waals surface area contributed by atoms with Gasteiger partial charge >= 0.3 is 0 Å². The van der Waals surface area contributed by atoms with Gasteiger partial charge in [-0.1, -0.05) is 38.1 Å². The Labute approximate surface area is 149 Å². The van der Waals surface area contributed by atoms with Crippen molar-refractivity contribution in [3.8, 4) is 5.75 Å². The molecule has 0 aromatic heterocycles. The number of nitro groups is 1. The molecule has 0 saturated carbocycles. The summed E-state index contributed by atoms with van der Waals surface area (Å²) in [4.78, 5) is 26.4. The fourth-order valence-electron chi connectivity index (χ4n) is 2.18. The molecule has 134 valence electrons. The first kappa shape index (κ1) is 18.8. The third-order valence-electron chi connectivity index (χ3n) is 3.71. The number of carbonyl (C=O) groups excluding carboxylic acids is 1. The average Bonchev–Trinajstić information content (AvgIpc) is 2.63. The van der Waals surface area contributed by atoms with Gasteiger partial charge in [-0.25, -0.2) is 0 Å². The van der Waals surface area contributed by atoms with Gasteiger partial charge in [-0.2, -0.15) is 5.10 Å². The van der Waals surface area contributed by atoms with Crippen LogP contribution in [0.5, 0.6) is 5.75 Å². The number of phenolic OH excluding ortho intramolecular Hbond substituents is 1. The number of nitro benzene ring substituents is 1. The van der Waals surface area contributed by atoms with Crippen molar-refractivity contribution in [2.45, 2.75) is 19.8 Å². The van der Waals surface area contributed by atoms with E-state index in [-0.39, 0.29) is 22.8 Å². The van der Waals surface area contributed by atoms with E-state index in [1.54, 1.807) is 12.1 Å². The van der Waals surface area contributed by atoms with E-state index in [1.807, 2.05) is 26.0 Å². The molecule has 8 heteroatoms. The van der Waals surface area contributed by atoms with Crippen LogP contribution in [-0.4, -0.2) is 27.7 Å². The third-order valence-corrected chi connectivity index (χ3v) is 3.71. The maximum atomic E-state index is 12.5. The van der Waals surface area contributed by atoms with Gasteiger partial charge in [0.05, 0.1) is 17.2 Å². The molecule has 2 aromatic rings. The highest BCUT2D eigenvalue weighted by atomic mass is 16.6. The van der Waals surface area contributed by atoms with Gasteiger partial charge in [-0.3, -0.25) is 19.9 Å². The summed E-state index contributed by atoms with van der Waals surface area (Å²) >= 11 is 0. The van der Waals surface area contributed by atoms with Crippen LogP contribution in [0.4, 0.5) is 11.4 Å². The first-order chi connectivity index (χ1) is 12.3. The number of hydrazone groups is 1. The van der Waals surface area contributed by atoms with Gasteiger partial charge < -0.3 is 10.9 Å². The van der Waals surface area contributed by atoms with Crippen LogP contribution < -0.4 is 5.84 Å². The van der Waals surface area contributed by atoms with Crippen LogP contribution in [0.25, 0.3) is 0 Å². The summed E-state index contributed by atoms with van der Waals surface area (Å²) in [7, 11) is 0. The van der Waals surface area contributed by atoms with Gasteiger partial charge in [-0.05, 0) is 17.5 Å². The minimum absolute atomic E-state index is 0.0553. The Kier molecular flexibility index (Phi) is 5.79. The third kappa shape index (κ3) is 4.29. The maximum Gasteiger partial charge on any atom is 0.273 e. The van der Waals surface area contributed by atoms with Crippen molar-refractivity contribution in [3.05, 3.63) is 63.7 Å². The highest BCUT2D eigenvalue weighted by molar-refractivity contribution is 6.64. The van der Waals surface area contributed by atoms with Crippen molar-refractivity contribution in [2.24, 2.45) is 15.9 Å². The van der Waals surface area contributed by atoms with E-state index in [9.17, 15) is 20.0 Å². The van der Waals surface area contributed by atoms with Crippen molar-refractivity contribution in [3.63, 3.8) is 0 Å². The number of carbonyl (C=O) groups is 1. The summed E-state index contributed by atoms with van der Waals surface area (Å²) in [5.41, 5.74) is 1.17. The largest absolute Gasteiger partial charge is 0.505 e. The fraction of sp³-hybridized carbons (Fsp3) is 0.167. The summed E-state index contributed by atoms with van der Waals surface area (Å²) < 4.78 is 0. The molecule has 0 aliphatic heterocycles. The molecule has 0 saturated heterocycles. The lowest BCUT2D eigenvalue weighted by atomic mass is 9.99. The predicted molar refractivity (Wildman–Crippen MR) is 99.4 cm³/mol. The van der Waals surface area contributed by atoms with Crippen LogP contribution in [0.15, 0.2) is 52.6 Å². The van der Waals surface area contributed by atoms with Crippen LogP contribution in [0.2, 0.25) is 0 Å². The number of nitrogens with zero attached hydrogens (tertiary/aromatic N) is 3. The molecule has 0 aliphatic carbocycles. The number of aromatic hydroxyl groups is 1. The number of benzene rings is 2. The number of phenols is 1. The van der Waals surface area contributed by atoms with E-state index in [4.69, 9.17) is 5.84 Å². The highest BCUT2D eigenvalue weighted by Gasteiger charge is 2.14. The summed E-state index contributed by atoms with van der Waals surface area (Å²) in [6, 6.07) is 10.5. The number of nitrogens with two attached hydrogens (primary N) is 1. The van der Waals surface area contributed by atoms with Crippen LogP contribution in [-0.2, 0) is 0 Å². The molecule has 0 unspecified atom stereocenters. The zero-order valence-corrected chi connectivity index (χ0v) is 14.3. The second kappa shape index (κ2) is 8.02. The SMILES string of the molecule is CC(C)c1ccc(C(=O)C(C=Nc2ccc([N+](=O)[O-])cc2O)=NN)cc1. The molecule has 2 rings (SSSR count). The summed E-state index contributed by atoms with van der Waals surface area (Å²) in [6.07, 6.45) is 1.11. The molecule has 26 heavy (non-hydrogen) atoms. The zero-order valence-electron chi connectivity index (χ0n) is 14.3. The zero-order chi connectivity index (χ0) is 19.3. The number of rotatable bonds is 6. The van der Waals surface area contributed by atoms with E-state index in [0.29, 0.717) is 11.5 Å². The van der Waals surface area contributed by atoms with Crippen molar-refractivity contribution in [1.29, 1.82) is 0 Å². The van der Waals surface area contributed by atoms with E-state index in [1.165, 1.54) is 12.1 Å². The van der Waals surface area contributed by atoms with Crippen LogP contribution in [0.3, 0.4) is 0 Å². The second-order valence-corrected chi connectivity index (χ2v) is 5.81. The topological polar surface area (TPSA) is 131 Å². The Hall–Kier alpha value is -3.55. The van der Waals surface area contributed by atoms with Gasteiger partial charge in [0.15, 0.2) is 0 Å². The Balaban J connectivity index is 2.22. The predicted octanol–water partition coefficient (Wildman–Crippen LogP) is 3.32. The fourth-order valence-corrected chi connectivity index (χ4v) is 2.18. The molecule has 0 bridgehead atoms. The molecule has 8 nitrogen and oxygen atoms in total. The number of hydrogen-bond acceptors (Lipinski definition) is 7. The van der Waals surface area contributed by atoms with Gasteiger partial charge in [-0.15, -0.1) is 0 Å². The van der Waals surface area contributed by atoms with Crippen molar-refractivity contribution < 1.29 is 14.8 Å². The maximum absolute atomic E-state index is 12.5. The minimum atomic E-state index is -0.635. The molecule has 3 N–H and O–H groups in total.